The smallest absolute Gasteiger partial charge is 0.0897 e. The van der Waals surface area contributed by atoms with E-state index in [2.05, 4.69) is 5.32 Å². The van der Waals surface area contributed by atoms with E-state index in [0.717, 1.165) is 12.8 Å². The minimum absolute atomic E-state index is 0.0165. The molecule has 18 heavy (non-hydrogen) atoms. The second kappa shape index (κ2) is 8.82. The van der Waals surface area contributed by atoms with Crippen molar-refractivity contribution in [2.75, 3.05) is 34.0 Å². The van der Waals surface area contributed by atoms with Crippen molar-refractivity contribution in [3.8, 4) is 0 Å². The molecule has 0 aromatic heterocycles. The van der Waals surface area contributed by atoms with Crippen LogP contribution in [0.25, 0.3) is 0 Å². The molecule has 1 aliphatic rings. The summed E-state index contributed by atoms with van der Waals surface area (Å²) in [6.07, 6.45) is 3.22. The summed E-state index contributed by atoms with van der Waals surface area (Å²) < 4.78 is 15.8. The minimum Gasteiger partial charge on any atom is -0.389 e. The Labute approximate surface area is 110 Å². The largest absolute Gasteiger partial charge is 0.389 e. The Morgan fingerprint density at radius 3 is 2.72 bits per heavy atom. The highest BCUT2D eigenvalue weighted by molar-refractivity contribution is 4.84. The van der Waals surface area contributed by atoms with Gasteiger partial charge in [0.25, 0.3) is 0 Å². The van der Waals surface area contributed by atoms with Gasteiger partial charge >= 0.3 is 0 Å². The highest BCUT2D eigenvalue weighted by Crippen LogP contribution is 2.21. The lowest BCUT2D eigenvalue weighted by atomic mass is 10.2. The van der Waals surface area contributed by atoms with Gasteiger partial charge in [0.1, 0.15) is 0 Å². The number of hydrogen-bond donors (Lipinski definition) is 2. The van der Waals surface area contributed by atoms with Crippen molar-refractivity contribution in [1.82, 2.24) is 5.32 Å². The third-order valence-corrected chi connectivity index (χ3v) is 3.35. The Bertz CT molecular complexity index is 215. The van der Waals surface area contributed by atoms with E-state index in [1.54, 1.807) is 14.2 Å². The van der Waals surface area contributed by atoms with Gasteiger partial charge in [-0.15, -0.1) is 0 Å². The number of rotatable bonds is 9. The van der Waals surface area contributed by atoms with Crippen molar-refractivity contribution < 1.29 is 19.3 Å². The molecule has 0 spiro atoms. The third kappa shape index (κ3) is 5.63. The van der Waals surface area contributed by atoms with Crippen LogP contribution in [0.15, 0.2) is 0 Å². The topological polar surface area (TPSA) is 60.0 Å². The lowest BCUT2D eigenvalue weighted by Gasteiger charge is -2.22. The van der Waals surface area contributed by atoms with Gasteiger partial charge in [-0.05, 0) is 26.2 Å². The molecule has 0 aromatic carbocycles. The van der Waals surface area contributed by atoms with Crippen LogP contribution in [-0.2, 0) is 14.2 Å². The van der Waals surface area contributed by atoms with Crippen LogP contribution in [0, 0.1) is 0 Å². The van der Waals surface area contributed by atoms with Gasteiger partial charge in [0.15, 0.2) is 0 Å². The van der Waals surface area contributed by atoms with E-state index in [9.17, 15) is 5.11 Å². The molecule has 1 aliphatic carbocycles. The Morgan fingerprint density at radius 2 is 2.06 bits per heavy atom. The van der Waals surface area contributed by atoms with Crippen LogP contribution in [0.2, 0.25) is 0 Å². The monoisotopic (exact) mass is 261 g/mol. The average molecular weight is 261 g/mol. The van der Waals surface area contributed by atoms with E-state index >= 15 is 0 Å². The first kappa shape index (κ1) is 15.9. The predicted molar refractivity (Wildman–Crippen MR) is 69.7 cm³/mol. The normalized spacial score (nSPS) is 27.3. The summed E-state index contributed by atoms with van der Waals surface area (Å²) in [6, 6.07) is 0.362. The van der Waals surface area contributed by atoms with Gasteiger partial charge in [0.05, 0.1) is 31.5 Å². The highest BCUT2D eigenvalue weighted by atomic mass is 16.5. The van der Waals surface area contributed by atoms with E-state index in [0.29, 0.717) is 25.8 Å². The zero-order chi connectivity index (χ0) is 13.4. The molecule has 0 amide bonds. The number of hydrogen-bond acceptors (Lipinski definition) is 5. The Kier molecular flexibility index (Phi) is 7.77. The van der Waals surface area contributed by atoms with E-state index in [1.807, 2.05) is 6.92 Å². The zero-order valence-corrected chi connectivity index (χ0v) is 11.7. The van der Waals surface area contributed by atoms with E-state index in [-0.39, 0.29) is 12.2 Å². The summed E-state index contributed by atoms with van der Waals surface area (Å²) >= 11 is 0. The lowest BCUT2D eigenvalue weighted by molar-refractivity contribution is -0.0327. The Hall–Kier alpha value is -0.200. The van der Waals surface area contributed by atoms with Crippen molar-refractivity contribution in [3.63, 3.8) is 0 Å². The van der Waals surface area contributed by atoms with E-state index in [1.165, 1.54) is 6.42 Å². The number of nitrogens with one attached hydrogen (secondary N) is 1. The first-order chi connectivity index (χ1) is 8.67. The molecule has 108 valence electrons. The maximum absolute atomic E-state index is 9.82. The second-order valence-corrected chi connectivity index (χ2v) is 4.97. The van der Waals surface area contributed by atoms with Gasteiger partial charge in [-0.25, -0.2) is 0 Å². The molecule has 0 bridgehead atoms. The fourth-order valence-electron chi connectivity index (χ4n) is 2.35. The van der Waals surface area contributed by atoms with Crippen molar-refractivity contribution in [2.24, 2.45) is 0 Å². The maximum atomic E-state index is 9.82. The Morgan fingerprint density at radius 1 is 1.28 bits per heavy atom. The molecule has 0 radical (unpaired) electrons. The molecule has 1 fully saturated rings. The molecule has 0 heterocycles. The molecule has 1 saturated carbocycles. The first-order valence-corrected chi connectivity index (χ1v) is 6.72. The van der Waals surface area contributed by atoms with Crippen LogP contribution in [-0.4, -0.2) is 63.4 Å². The summed E-state index contributed by atoms with van der Waals surface area (Å²) in [5.41, 5.74) is 0. The van der Waals surface area contributed by atoms with Crippen LogP contribution < -0.4 is 5.32 Å². The fraction of sp³-hybridized carbons (Fsp3) is 1.00. The maximum Gasteiger partial charge on any atom is 0.0897 e. The third-order valence-electron chi connectivity index (χ3n) is 3.35. The molecule has 4 atom stereocenters. The lowest BCUT2D eigenvalue weighted by Crippen LogP contribution is -2.42. The average Bonchev–Trinajstić information content (AvgIpc) is 2.81. The van der Waals surface area contributed by atoms with Crippen molar-refractivity contribution >= 4 is 0 Å². The highest BCUT2D eigenvalue weighted by Gasteiger charge is 2.26. The van der Waals surface area contributed by atoms with Gasteiger partial charge < -0.3 is 24.6 Å². The molecular formula is C13H27NO4. The van der Waals surface area contributed by atoms with Crippen LogP contribution >= 0.6 is 0 Å². The van der Waals surface area contributed by atoms with Crippen molar-refractivity contribution in [3.05, 3.63) is 0 Å². The quantitative estimate of drug-likeness (QED) is 0.635. The standard InChI is InChI=1S/C13H27NO4/c1-10(8-16-2)18-9-11(15)7-14-12-5-4-6-13(12)17-3/h10-15H,4-9H2,1-3H3. The van der Waals surface area contributed by atoms with Gasteiger partial charge in [0.2, 0.25) is 0 Å². The fourth-order valence-corrected chi connectivity index (χ4v) is 2.35. The minimum atomic E-state index is -0.484. The number of methoxy groups -OCH3 is 2. The first-order valence-electron chi connectivity index (χ1n) is 6.72. The molecule has 5 nitrogen and oxygen atoms in total. The molecule has 0 aliphatic heterocycles. The summed E-state index contributed by atoms with van der Waals surface area (Å²) in [5.74, 6) is 0. The summed E-state index contributed by atoms with van der Waals surface area (Å²) in [6.45, 7) is 3.36. The zero-order valence-electron chi connectivity index (χ0n) is 11.7. The van der Waals surface area contributed by atoms with Crippen molar-refractivity contribution in [1.29, 1.82) is 0 Å². The van der Waals surface area contributed by atoms with E-state index < -0.39 is 6.10 Å². The molecule has 1 rings (SSSR count). The Balaban J connectivity index is 2.11. The van der Waals surface area contributed by atoms with Crippen LogP contribution in [0.4, 0.5) is 0 Å². The number of aliphatic hydroxyl groups is 1. The van der Waals surface area contributed by atoms with Gasteiger partial charge in [-0.3, -0.25) is 0 Å². The number of aliphatic hydroxyl groups excluding tert-OH is 1. The SMILES string of the molecule is COCC(C)OCC(O)CNC1CCCC1OC. The molecule has 0 aromatic rings. The van der Waals surface area contributed by atoms with Crippen LogP contribution in [0.1, 0.15) is 26.2 Å². The van der Waals surface area contributed by atoms with Gasteiger partial charge in [-0.2, -0.15) is 0 Å². The summed E-state index contributed by atoms with van der Waals surface area (Å²) in [7, 11) is 3.39. The van der Waals surface area contributed by atoms with Crippen LogP contribution in [0.5, 0.6) is 0 Å². The summed E-state index contributed by atoms with van der Waals surface area (Å²) in [4.78, 5) is 0. The molecule has 2 N–H and O–H groups in total. The molecule has 0 saturated heterocycles. The number of ether oxygens (including phenoxy) is 3. The molecule has 4 unspecified atom stereocenters. The molecular weight excluding hydrogens is 234 g/mol. The van der Waals surface area contributed by atoms with Gasteiger partial charge in [-0.1, -0.05) is 0 Å². The molecule has 5 heteroatoms. The predicted octanol–water partition coefficient (Wildman–Crippen LogP) is 0.556. The second-order valence-electron chi connectivity index (χ2n) is 4.97. The van der Waals surface area contributed by atoms with E-state index in [4.69, 9.17) is 14.2 Å². The van der Waals surface area contributed by atoms with Crippen molar-refractivity contribution in [2.45, 2.75) is 50.5 Å². The van der Waals surface area contributed by atoms with Gasteiger partial charge in [0, 0.05) is 26.8 Å². The van der Waals surface area contributed by atoms with Crippen LogP contribution in [0.3, 0.4) is 0 Å². The summed E-state index contributed by atoms with van der Waals surface area (Å²) in [5, 5.41) is 13.2.